The van der Waals surface area contributed by atoms with Crippen molar-refractivity contribution >= 4 is 105 Å². The van der Waals surface area contributed by atoms with Crippen LogP contribution in [0.5, 0.6) is 0 Å². The van der Waals surface area contributed by atoms with Crippen LogP contribution in [0.4, 0.5) is 5.69 Å². The average molecular weight is 779 g/mol. The van der Waals surface area contributed by atoms with Crippen LogP contribution >= 0.6 is 75.3 Å². The third-order valence-corrected chi connectivity index (χ3v) is 10.4. The lowest BCUT2D eigenvalue weighted by Gasteiger charge is -2.29. The van der Waals surface area contributed by atoms with Crippen molar-refractivity contribution in [3.63, 3.8) is 0 Å². The van der Waals surface area contributed by atoms with Gasteiger partial charge in [0.2, 0.25) is 0 Å². The van der Waals surface area contributed by atoms with E-state index in [2.05, 4.69) is 63.7 Å². The van der Waals surface area contributed by atoms with Crippen LogP contribution in [0.25, 0.3) is 0 Å². The summed E-state index contributed by atoms with van der Waals surface area (Å²) in [5.74, 6) is -3.17. The number of benzene rings is 3. The number of carbonyl (C=O) groups excluding carboxylic acids is 4. The number of ketones is 1. The van der Waals surface area contributed by atoms with Crippen molar-refractivity contribution in [3.8, 4) is 0 Å². The second-order valence-electron chi connectivity index (χ2n) is 7.52. The molecule has 3 amide bonds. The molecule has 0 saturated heterocycles. The maximum Gasteiger partial charge on any atom is 0.282 e. The molecule has 37 heavy (non-hydrogen) atoms. The molecule has 188 valence electrons. The molecule has 0 atom stereocenters. The molecule has 1 aliphatic heterocycles. The van der Waals surface area contributed by atoms with Crippen molar-refractivity contribution in [2.45, 2.75) is 0 Å². The molecule has 0 saturated carbocycles. The summed E-state index contributed by atoms with van der Waals surface area (Å²) in [7, 11) is 0. The molecule has 0 fully saturated rings. The van der Waals surface area contributed by atoms with Gasteiger partial charge in [-0.05, 0) is 100 Å². The largest absolute Gasteiger partial charge is 0.292 e. The normalized spacial score (nSPS) is 12.5. The van der Waals surface area contributed by atoms with Crippen LogP contribution in [-0.2, 0) is 0 Å². The van der Waals surface area contributed by atoms with Crippen LogP contribution < -0.4 is 0 Å². The second-order valence-corrected chi connectivity index (χ2v) is 11.1. The molecule has 4 rings (SSSR count). The van der Waals surface area contributed by atoms with Gasteiger partial charge in [0.15, 0.2) is 5.78 Å². The molecule has 9 nitrogen and oxygen atoms in total. The predicted octanol–water partition coefficient (Wildman–Crippen LogP) is 6.83. The monoisotopic (exact) mass is 775 g/mol. The Balaban J connectivity index is 1.81. The number of carbonyl (C=O) groups is 4. The molecule has 3 aromatic rings. The number of halogens is 5. The Labute approximate surface area is 247 Å². The average Bonchev–Trinajstić information content (AvgIpc) is 3.14. The number of rotatable bonds is 6. The summed E-state index contributed by atoms with van der Waals surface area (Å²) in [5, 5.41) is 12.7. The Kier molecular flexibility index (Phi) is 8.00. The molecule has 0 radical (unpaired) electrons. The number of hydrogen-bond acceptors (Lipinski definition) is 6. The van der Waals surface area contributed by atoms with Crippen molar-refractivity contribution in [2.24, 2.45) is 0 Å². The Morgan fingerprint density at radius 2 is 1.27 bits per heavy atom. The number of nitro groups is 1. The highest BCUT2D eigenvalue weighted by Gasteiger charge is 2.46. The second kappa shape index (κ2) is 10.7. The van der Waals surface area contributed by atoms with Crippen LogP contribution in [-0.4, -0.2) is 45.0 Å². The number of fused-ring (bicyclic) bond motifs is 1. The first-order valence-electron chi connectivity index (χ1n) is 10.0. The van der Waals surface area contributed by atoms with Crippen molar-refractivity contribution in [1.29, 1.82) is 0 Å². The van der Waals surface area contributed by atoms with Gasteiger partial charge in [0.25, 0.3) is 23.4 Å². The lowest BCUT2D eigenvalue weighted by atomic mass is 10.1. The number of non-ortho nitro benzene ring substituents is 1. The van der Waals surface area contributed by atoms with Gasteiger partial charge in [-0.1, -0.05) is 11.6 Å². The van der Waals surface area contributed by atoms with Crippen LogP contribution in [0.2, 0.25) is 5.02 Å². The van der Waals surface area contributed by atoms with Gasteiger partial charge in [0.05, 0.1) is 16.1 Å². The molecule has 0 aromatic heterocycles. The zero-order valence-electron chi connectivity index (χ0n) is 18.0. The maximum absolute atomic E-state index is 13.6. The number of hydrogen-bond donors (Lipinski definition) is 0. The molecule has 0 bridgehead atoms. The van der Waals surface area contributed by atoms with Gasteiger partial charge in [0, 0.05) is 46.2 Å². The highest BCUT2D eigenvalue weighted by Crippen LogP contribution is 2.45. The highest BCUT2D eigenvalue weighted by molar-refractivity contribution is 9.15. The zero-order chi connectivity index (χ0) is 27.2. The fourth-order valence-electron chi connectivity index (χ4n) is 3.53. The number of Topliss-reactive ketones (excluding diaryl/α,β-unsaturated/α-hetero) is 1. The molecule has 0 spiro atoms. The number of hydrazine groups is 1. The highest BCUT2D eigenvalue weighted by atomic mass is 79.9. The smallest absolute Gasteiger partial charge is 0.282 e. The van der Waals surface area contributed by atoms with Gasteiger partial charge in [-0.15, -0.1) is 0 Å². The standard InChI is InChI=1S/C23H10Br4ClN3O6/c24-17-15-16(18(25)20(27)19(17)26)23(35)30(22(15)34)29(9-14(32)10-1-5-12(28)6-2-10)21(33)11-3-7-13(8-4-11)31(36)37/h1-8H,9H2. The van der Waals surface area contributed by atoms with Gasteiger partial charge in [0.1, 0.15) is 6.54 Å². The van der Waals surface area contributed by atoms with Crippen LogP contribution in [0.1, 0.15) is 41.4 Å². The van der Waals surface area contributed by atoms with E-state index in [4.69, 9.17) is 11.6 Å². The molecule has 1 aliphatic rings. The summed E-state index contributed by atoms with van der Waals surface area (Å²) in [5.41, 5.74) is -0.190. The van der Waals surface area contributed by atoms with E-state index in [0.717, 1.165) is 17.1 Å². The summed E-state index contributed by atoms with van der Waals surface area (Å²) in [4.78, 5) is 64.2. The Morgan fingerprint density at radius 3 is 1.73 bits per heavy atom. The molecule has 0 unspecified atom stereocenters. The van der Waals surface area contributed by atoms with E-state index in [1.807, 2.05) is 0 Å². The third kappa shape index (κ3) is 5.02. The molecule has 14 heteroatoms. The predicted molar refractivity (Wildman–Crippen MR) is 148 cm³/mol. The van der Waals surface area contributed by atoms with Gasteiger partial charge in [-0.2, -0.15) is 5.01 Å². The van der Waals surface area contributed by atoms with Gasteiger partial charge >= 0.3 is 0 Å². The quantitative estimate of drug-likeness (QED) is 0.0676. The Hall–Kier alpha value is -2.45. The van der Waals surface area contributed by atoms with Crippen molar-refractivity contribution in [3.05, 3.63) is 104 Å². The van der Waals surface area contributed by atoms with Crippen LogP contribution in [0, 0.1) is 10.1 Å². The third-order valence-electron chi connectivity index (χ3n) is 5.34. The first-order chi connectivity index (χ1) is 17.4. The SMILES string of the molecule is O=C(CN(C(=O)c1ccc([N+](=O)[O-])cc1)N1C(=O)c2c(Br)c(Br)c(Br)c(Br)c2C1=O)c1ccc(Cl)cc1. The molecule has 3 aromatic carbocycles. The lowest BCUT2D eigenvalue weighted by molar-refractivity contribution is -0.384. The van der Waals surface area contributed by atoms with Crippen LogP contribution in [0.15, 0.2) is 66.4 Å². The number of imide groups is 1. The molecular formula is C23H10Br4ClN3O6. The Bertz CT molecular complexity index is 1470. The Morgan fingerprint density at radius 1 is 0.811 bits per heavy atom. The number of nitrogens with zero attached hydrogens (tertiary/aromatic N) is 3. The van der Waals surface area contributed by atoms with E-state index in [1.165, 1.54) is 36.4 Å². The van der Waals surface area contributed by atoms with Crippen LogP contribution in [0.3, 0.4) is 0 Å². The maximum atomic E-state index is 13.6. The zero-order valence-corrected chi connectivity index (χ0v) is 25.1. The number of amides is 3. The summed E-state index contributed by atoms with van der Waals surface area (Å²) in [6.45, 7) is -0.680. The van der Waals surface area contributed by atoms with E-state index >= 15 is 0 Å². The fourth-order valence-corrected chi connectivity index (χ4v) is 6.11. The topological polar surface area (TPSA) is 118 Å². The van der Waals surface area contributed by atoms with Gasteiger partial charge in [-0.25, -0.2) is 5.01 Å². The summed E-state index contributed by atoms with van der Waals surface area (Å²) in [6.07, 6.45) is 0. The first-order valence-corrected chi connectivity index (χ1v) is 13.6. The van der Waals surface area contributed by atoms with Gasteiger partial charge < -0.3 is 0 Å². The summed E-state index contributed by atoms with van der Waals surface area (Å²) < 4.78 is 1.44. The van der Waals surface area contributed by atoms with E-state index in [9.17, 15) is 29.3 Å². The van der Waals surface area contributed by atoms with Crippen molar-refractivity contribution in [1.82, 2.24) is 10.0 Å². The van der Waals surface area contributed by atoms with Crippen molar-refractivity contribution in [2.75, 3.05) is 6.54 Å². The van der Waals surface area contributed by atoms with Gasteiger partial charge in [-0.3, -0.25) is 29.3 Å². The van der Waals surface area contributed by atoms with E-state index < -0.39 is 35.0 Å². The van der Waals surface area contributed by atoms with E-state index in [0.29, 0.717) is 19.0 Å². The lowest BCUT2D eigenvalue weighted by Crippen LogP contribution is -2.51. The molecule has 1 heterocycles. The summed E-state index contributed by atoms with van der Waals surface area (Å²) >= 11 is 19.2. The minimum Gasteiger partial charge on any atom is -0.292 e. The minimum atomic E-state index is -0.892. The molecule has 0 aliphatic carbocycles. The first kappa shape index (κ1) is 27.6. The van der Waals surface area contributed by atoms with Crippen molar-refractivity contribution < 1.29 is 24.1 Å². The van der Waals surface area contributed by atoms with E-state index in [-0.39, 0.29) is 36.9 Å². The minimum absolute atomic E-state index is 0.0209. The fraction of sp³-hybridized carbons (Fsp3) is 0.0435. The van der Waals surface area contributed by atoms with E-state index in [1.54, 1.807) is 0 Å². The number of nitro benzene ring substituents is 1. The molecule has 0 N–H and O–H groups in total. The molecular weight excluding hydrogens is 769 g/mol. The summed E-state index contributed by atoms with van der Waals surface area (Å²) in [6, 6.07) is 10.4.